The minimum Gasteiger partial charge on any atom is -0.748 e. The molecule has 0 amide bonds. The van der Waals surface area contributed by atoms with Gasteiger partial charge in [-0.2, -0.15) is 5.10 Å². The molecule has 2 aromatic heterocycles. The number of aryl methyl sites for hydroxylation is 1. The maximum atomic E-state index is 10.4. The van der Waals surface area contributed by atoms with Gasteiger partial charge in [0.25, 0.3) is 0 Å². The van der Waals surface area contributed by atoms with Crippen LogP contribution < -0.4 is 4.68 Å². The Balaban J connectivity index is 2.09. The van der Waals surface area contributed by atoms with Crippen molar-refractivity contribution >= 4 is 10.1 Å². The van der Waals surface area contributed by atoms with Crippen LogP contribution in [0.3, 0.4) is 0 Å². The van der Waals surface area contributed by atoms with Crippen molar-refractivity contribution in [2.24, 2.45) is 0 Å². The first-order valence-corrected chi connectivity index (χ1v) is 6.27. The van der Waals surface area contributed by atoms with Gasteiger partial charge in [-0.15, -0.1) is 0 Å². The molecule has 1 N–H and O–H groups in total. The van der Waals surface area contributed by atoms with Crippen LogP contribution in [0, 0.1) is 0 Å². The molecule has 2 heterocycles. The molecule has 0 saturated heterocycles. The van der Waals surface area contributed by atoms with Crippen LogP contribution in [0.2, 0.25) is 0 Å². The van der Waals surface area contributed by atoms with Crippen LogP contribution in [0.25, 0.3) is 11.4 Å². The Morgan fingerprint density at radius 3 is 2.82 bits per heavy atom. The van der Waals surface area contributed by atoms with Crippen molar-refractivity contribution in [3.63, 3.8) is 0 Å². The van der Waals surface area contributed by atoms with E-state index in [4.69, 9.17) is 0 Å². The van der Waals surface area contributed by atoms with Crippen LogP contribution in [-0.4, -0.2) is 39.0 Å². The first-order valence-electron chi connectivity index (χ1n) is 4.70. The van der Waals surface area contributed by atoms with E-state index in [0.29, 0.717) is 5.82 Å². The van der Waals surface area contributed by atoms with E-state index in [0.717, 1.165) is 5.56 Å². The highest BCUT2D eigenvalue weighted by molar-refractivity contribution is 7.85. The first kappa shape index (κ1) is 11.6. The summed E-state index contributed by atoms with van der Waals surface area (Å²) in [4.78, 5) is 3.94. The SMILES string of the molecule is O=S(=O)([O-])CC[n+]1ccc(-c2ncn[nH]2)cn1. The first-order chi connectivity index (χ1) is 8.04. The predicted octanol–water partition coefficient (Wildman–Crippen LogP) is -1.30. The highest BCUT2D eigenvalue weighted by Gasteiger charge is 2.08. The maximum absolute atomic E-state index is 10.4. The number of hydrogen-bond donors (Lipinski definition) is 1. The monoisotopic (exact) mass is 255 g/mol. The molecule has 9 heteroatoms. The van der Waals surface area contributed by atoms with Crippen LogP contribution in [-0.2, 0) is 16.7 Å². The van der Waals surface area contributed by atoms with Crippen LogP contribution in [0.15, 0.2) is 24.8 Å². The second-order valence-electron chi connectivity index (χ2n) is 3.27. The molecule has 0 fully saturated rings. The summed E-state index contributed by atoms with van der Waals surface area (Å²) >= 11 is 0. The Morgan fingerprint density at radius 1 is 1.47 bits per heavy atom. The summed E-state index contributed by atoms with van der Waals surface area (Å²) in [5.74, 6) is 0.0906. The van der Waals surface area contributed by atoms with Crippen molar-refractivity contribution < 1.29 is 17.7 Å². The number of hydrogen-bond acceptors (Lipinski definition) is 6. The van der Waals surface area contributed by atoms with E-state index in [2.05, 4.69) is 20.3 Å². The molecule has 2 rings (SSSR count). The quantitative estimate of drug-likeness (QED) is 0.536. The van der Waals surface area contributed by atoms with Gasteiger partial charge in [-0.25, -0.2) is 13.4 Å². The number of aromatic nitrogens is 5. The van der Waals surface area contributed by atoms with E-state index >= 15 is 0 Å². The molecule has 0 saturated carbocycles. The summed E-state index contributed by atoms with van der Waals surface area (Å²) in [6, 6.07) is 1.70. The predicted molar refractivity (Wildman–Crippen MR) is 54.4 cm³/mol. The minimum absolute atomic E-state index is 0.0303. The molecule has 0 radical (unpaired) electrons. The molecular formula is C8H9N5O3S. The van der Waals surface area contributed by atoms with Crippen molar-refractivity contribution in [1.29, 1.82) is 0 Å². The van der Waals surface area contributed by atoms with Gasteiger partial charge in [0.05, 0.1) is 5.75 Å². The lowest BCUT2D eigenvalue weighted by atomic mass is 10.3. The molecule has 0 aliphatic rings. The second kappa shape index (κ2) is 4.55. The Kier molecular flexibility index (Phi) is 3.11. The Hall–Kier alpha value is -1.87. The fourth-order valence-corrected chi connectivity index (χ4v) is 1.62. The summed E-state index contributed by atoms with van der Waals surface area (Å²) in [7, 11) is -4.22. The van der Waals surface area contributed by atoms with Gasteiger partial charge in [-0.3, -0.25) is 5.10 Å². The molecule has 8 nitrogen and oxygen atoms in total. The van der Waals surface area contributed by atoms with E-state index in [1.54, 1.807) is 12.3 Å². The fourth-order valence-electron chi connectivity index (χ4n) is 1.21. The zero-order chi connectivity index (χ0) is 12.3. The third kappa shape index (κ3) is 3.29. The molecular weight excluding hydrogens is 246 g/mol. The van der Waals surface area contributed by atoms with E-state index in [1.807, 2.05) is 0 Å². The van der Waals surface area contributed by atoms with Crippen molar-refractivity contribution in [2.75, 3.05) is 5.75 Å². The fraction of sp³-hybridized carbons (Fsp3) is 0.250. The van der Waals surface area contributed by atoms with E-state index in [-0.39, 0.29) is 6.54 Å². The molecule has 17 heavy (non-hydrogen) atoms. The normalized spacial score (nSPS) is 11.6. The number of aromatic amines is 1. The second-order valence-corrected chi connectivity index (χ2v) is 4.80. The number of H-pyrrole nitrogens is 1. The van der Waals surface area contributed by atoms with E-state index in [1.165, 1.54) is 17.2 Å². The minimum atomic E-state index is -4.22. The maximum Gasteiger partial charge on any atom is 0.197 e. The average molecular weight is 255 g/mol. The smallest absolute Gasteiger partial charge is 0.197 e. The third-order valence-corrected chi connectivity index (χ3v) is 2.71. The van der Waals surface area contributed by atoms with Crippen molar-refractivity contribution in [2.45, 2.75) is 6.54 Å². The topological polar surface area (TPSA) is 116 Å². The van der Waals surface area contributed by atoms with Crippen molar-refractivity contribution in [3.05, 3.63) is 24.8 Å². The molecule has 0 aromatic carbocycles. The van der Waals surface area contributed by atoms with Crippen LogP contribution >= 0.6 is 0 Å². The van der Waals surface area contributed by atoms with Gasteiger partial charge >= 0.3 is 0 Å². The summed E-state index contributed by atoms with van der Waals surface area (Å²) in [6.07, 6.45) is 4.46. The molecule has 0 atom stereocenters. The van der Waals surface area contributed by atoms with E-state index in [9.17, 15) is 13.0 Å². The zero-order valence-electron chi connectivity index (χ0n) is 8.65. The van der Waals surface area contributed by atoms with Crippen LogP contribution in [0.1, 0.15) is 0 Å². The molecule has 0 unspecified atom stereocenters. The summed E-state index contributed by atoms with van der Waals surface area (Å²) in [5.41, 5.74) is 0.726. The van der Waals surface area contributed by atoms with E-state index < -0.39 is 15.9 Å². The van der Waals surface area contributed by atoms with Gasteiger partial charge in [-0.1, -0.05) is 4.68 Å². The number of nitrogens with zero attached hydrogens (tertiary/aromatic N) is 4. The standard InChI is InChI=1S/C8H9N5O3S/c14-17(15,16)4-3-13-2-1-7(5-11-13)8-9-6-10-12-8/h1-2,5-6H,3-4H2,(H,14,15,16). The number of rotatable bonds is 4. The van der Waals surface area contributed by atoms with Crippen molar-refractivity contribution in [3.8, 4) is 11.4 Å². The van der Waals surface area contributed by atoms with Gasteiger partial charge in [0, 0.05) is 11.6 Å². The summed E-state index contributed by atoms with van der Waals surface area (Å²) in [6.45, 7) is 0.0303. The van der Waals surface area contributed by atoms with Crippen LogP contribution in [0.5, 0.6) is 0 Å². The lowest BCUT2D eigenvalue weighted by Gasteiger charge is -2.02. The van der Waals surface area contributed by atoms with Crippen molar-refractivity contribution in [1.82, 2.24) is 20.3 Å². The largest absolute Gasteiger partial charge is 0.748 e. The Bertz CT molecular complexity index is 578. The molecule has 2 aromatic rings. The molecule has 0 aliphatic heterocycles. The van der Waals surface area contributed by atoms with Gasteiger partial charge in [0.2, 0.25) is 0 Å². The highest BCUT2D eigenvalue weighted by Crippen LogP contribution is 2.08. The molecule has 0 aliphatic carbocycles. The van der Waals surface area contributed by atoms with Gasteiger partial charge in [-0.05, 0) is 5.10 Å². The number of nitrogens with one attached hydrogen (secondary N) is 1. The highest BCUT2D eigenvalue weighted by atomic mass is 32.2. The van der Waals surface area contributed by atoms with Gasteiger partial charge < -0.3 is 4.55 Å². The summed E-state index contributed by atoms with van der Waals surface area (Å²) in [5, 5.41) is 10.3. The lowest BCUT2D eigenvalue weighted by molar-refractivity contribution is -0.750. The third-order valence-electron chi connectivity index (χ3n) is 2.03. The molecule has 0 bridgehead atoms. The Labute approximate surface area is 97.1 Å². The van der Waals surface area contributed by atoms with Gasteiger partial charge in [0.15, 0.2) is 18.6 Å². The Morgan fingerprint density at radius 2 is 2.29 bits per heavy atom. The molecule has 0 spiro atoms. The zero-order valence-corrected chi connectivity index (χ0v) is 9.46. The lowest BCUT2D eigenvalue weighted by Crippen LogP contribution is -2.40. The average Bonchev–Trinajstić information content (AvgIpc) is 2.79. The van der Waals surface area contributed by atoms with Crippen LogP contribution in [0.4, 0.5) is 0 Å². The van der Waals surface area contributed by atoms with Gasteiger partial charge in [0.1, 0.15) is 22.6 Å². The molecule has 90 valence electrons. The summed E-state index contributed by atoms with van der Waals surface area (Å²) < 4.78 is 32.7.